The molecule has 31 heavy (non-hydrogen) atoms. The van der Waals surface area contributed by atoms with Gasteiger partial charge < -0.3 is 9.84 Å². The zero-order valence-electron chi connectivity index (χ0n) is 18.4. The van der Waals surface area contributed by atoms with E-state index in [-0.39, 0.29) is 29.3 Å². The van der Waals surface area contributed by atoms with E-state index >= 15 is 0 Å². The van der Waals surface area contributed by atoms with E-state index in [0.29, 0.717) is 12.1 Å². The first-order chi connectivity index (χ1) is 14.8. The van der Waals surface area contributed by atoms with Crippen molar-refractivity contribution in [3.63, 3.8) is 0 Å². The summed E-state index contributed by atoms with van der Waals surface area (Å²) >= 11 is 0. The number of aromatic nitrogens is 3. The smallest absolute Gasteiger partial charge is 0.334 e. The average molecular weight is 422 g/mol. The molecule has 1 aromatic carbocycles. The monoisotopic (exact) mass is 421 g/mol. The highest BCUT2D eigenvalue weighted by Gasteiger charge is 2.58. The third-order valence-electron chi connectivity index (χ3n) is 8.05. The van der Waals surface area contributed by atoms with E-state index in [2.05, 4.69) is 55.0 Å². The van der Waals surface area contributed by atoms with Crippen molar-refractivity contribution in [2.75, 3.05) is 0 Å². The summed E-state index contributed by atoms with van der Waals surface area (Å²) in [5.74, 6) is -0.188. The van der Waals surface area contributed by atoms with Crippen molar-refractivity contribution in [1.29, 1.82) is 0 Å². The lowest BCUT2D eigenvalue weighted by atomic mass is 9.52. The maximum Gasteiger partial charge on any atom is 0.334 e. The number of carbonyl (C=O) groups is 1. The van der Waals surface area contributed by atoms with Gasteiger partial charge in [0.15, 0.2) is 0 Å². The summed E-state index contributed by atoms with van der Waals surface area (Å²) in [7, 11) is 0. The second-order valence-corrected chi connectivity index (χ2v) is 10.0. The Labute approximate surface area is 183 Å². The first-order valence-electron chi connectivity index (χ1n) is 11.4. The standard InChI is InChI=1S/C25H31N3O3/c1-4-17-6-8-18(9-7-17)20-14-28(27-26-20)15-25(30)11-5-10-24(3)13-21-19(12-22(24)25)16(2)23(29)31-21/h6-9,14,19,21-22,30H,2,4-5,10-13,15H2,1,3H3/t19-,21-,22-,24-,25+/m1/s1. The SMILES string of the molecule is C=C1C(=O)O[C@@H]2C[C@@]3(C)CCC[C@](O)(Cn4cc(-c5ccc(CC)cc5)nn4)[C@@H]3C[C@H]12. The van der Waals surface area contributed by atoms with Gasteiger partial charge in [0.25, 0.3) is 0 Å². The van der Waals surface area contributed by atoms with E-state index in [0.717, 1.165) is 49.8 Å². The van der Waals surface area contributed by atoms with Crippen LogP contribution in [0, 0.1) is 17.3 Å². The number of benzene rings is 1. The fourth-order valence-electron chi connectivity index (χ4n) is 6.30. The number of nitrogens with zero attached hydrogens (tertiary/aromatic N) is 3. The van der Waals surface area contributed by atoms with Gasteiger partial charge in [-0.15, -0.1) is 5.10 Å². The maximum absolute atomic E-state index is 12.1. The molecule has 164 valence electrons. The first-order valence-corrected chi connectivity index (χ1v) is 11.4. The molecule has 6 heteroatoms. The van der Waals surface area contributed by atoms with E-state index in [1.165, 1.54) is 5.56 Å². The lowest BCUT2D eigenvalue weighted by Gasteiger charge is -2.55. The highest BCUT2D eigenvalue weighted by atomic mass is 16.6. The minimum atomic E-state index is -0.888. The molecule has 6 nitrogen and oxygen atoms in total. The highest BCUT2D eigenvalue weighted by Crippen LogP contribution is 2.58. The number of fused-ring (bicyclic) bond motifs is 2. The number of hydrogen-bond donors (Lipinski definition) is 1. The molecule has 2 aliphatic carbocycles. The van der Waals surface area contributed by atoms with Crippen molar-refractivity contribution in [3.05, 3.63) is 48.2 Å². The normalized spacial score (nSPS) is 34.9. The molecule has 1 N–H and O–H groups in total. The van der Waals surface area contributed by atoms with Crippen molar-refractivity contribution >= 4 is 5.97 Å². The van der Waals surface area contributed by atoms with Crippen LogP contribution in [0.4, 0.5) is 0 Å². The molecule has 0 spiro atoms. The molecule has 0 bridgehead atoms. The zero-order valence-corrected chi connectivity index (χ0v) is 18.4. The molecule has 2 aromatic rings. The average Bonchev–Trinajstić information content (AvgIpc) is 3.31. The van der Waals surface area contributed by atoms with Gasteiger partial charge in [-0.25, -0.2) is 9.48 Å². The van der Waals surface area contributed by atoms with Gasteiger partial charge in [0.1, 0.15) is 11.8 Å². The van der Waals surface area contributed by atoms with Crippen molar-refractivity contribution < 1.29 is 14.6 Å². The second-order valence-electron chi connectivity index (χ2n) is 10.0. The topological polar surface area (TPSA) is 77.2 Å². The summed E-state index contributed by atoms with van der Waals surface area (Å²) in [5.41, 5.74) is 2.76. The fourth-order valence-corrected chi connectivity index (χ4v) is 6.30. The molecule has 5 atom stereocenters. The molecule has 2 saturated carbocycles. The predicted octanol–water partition coefficient (Wildman–Crippen LogP) is 3.94. The van der Waals surface area contributed by atoms with Crippen LogP contribution in [-0.2, 0) is 22.5 Å². The molecule has 3 aliphatic rings. The molecule has 1 saturated heterocycles. The molecule has 0 unspecified atom stereocenters. The summed E-state index contributed by atoms with van der Waals surface area (Å²) < 4.78 is 7.38. The Morgan fingerprint density at radius 3 is 2.81 bits per heavy atom. The Morgan fingerprint density at radius 2 is 2.06 bits per heavy atom. The van der Waals surface area contributed by atoms with Crippen molar-refractivity contribution in [2.24, 2.45) is 17.3 Å². The van der Waals surface area contributed by atoms with E-state index in [1.807, 2.05) is 6.20 Å². The number of aliphatic hydroxyl groups is 1. The number of hydrogen-bond acceptors (Lipinski definition) is 5. The lowest BCUT2D eigenvalue weighted by Crippen LogP contribution is -2.57. The Kier molecular flexibility index (Phi) is 4.81. The van der Waals surface area contributed by atoms with Gasteiger partial charge in [-0.3, -0.25) is 0 Å². The Hall–Kier alpha value is -2.47. The van der Waals surface area contributed by atoms with Gasteiger partial charge in [-0.2, -0.15) is 0 Å². The molecule has 1 aliphatic heterocycles. The number of rotatable bonds is 4. The number of ether oxygens (including phenoxy) is 1. The van der Waals surface area contributed by atoms with Gasteiger partial charge in [-0.05, 0) is 55.4 Å². The van der Waals surface area contributed by atoms with Crippen molar-refractivity contribution in [2.45, 2.75) is 70.6 Å². The number of carbonyl (C=O) groups excluding carboxylic acids is 1. The van der Waals surface area contributed by atoms with Crippen molar-refractivity contribution in [3.8, 4) is 11.3 Å². The van der Waals surface area contributed by atoms with Gasteiger partial charge in [0.05, 0.1) is 18.3 Å². The molecular weight excluding hydrogens is 390 g/mol. The summed E-state index contributed by atoms with van der Waals surface area (Å²) in [6.07, 6.45) is 7.10. The largest absolute Gasteiger partial charge is 0.458 e. The van der Waals surface area contributed by atoms with Crippen LogP contribution in [0.3, 0.4) is 0 Å². The number of aryl methyl sites for hydroxylation is 1. The van der Waals surface area contributed by atoms with Gasteiger partial charge in [0.2, 0.25) is 0 Å². The van der Waals surface area contributed by atoms with Crippen LogP contribution in [-0.4, -0.2) is 37.8 Å². The molecular formula is C25H31N3O3. The zero-order chi connectivity index (χ0) is 21.8. The summed E-state index contributed by atoms with van der Waals surface area (Å²) in [6.45, 7) is 8.77. The molecule has 1 aromatic heterocycles. The molecule has 0 radical (unpaired) electrons. The van der Waals surface area contributed by atoms with Crippen LogP contribution in [0.5, 0.6) is 0 Å². The molecule has 0 amide bonds. The van der Waals surface area contributed by atoms with Crippen LogP contribution in [0.15, 0.2) is 42.6 Å². The Balaban J connectivity index is 1.39. The van der Waals surface area contributed by atoms with Crippen LogP contribution in [0.1, 0.15) is 51.5 Å². The Morgan fingerprint density at radius 1 is 1.29 bits per heavy atom. The lowest BCUT2D eigenvalue weighted by molar-refractivity contribution is -0.164. The quantitative estimate of drug-likeness (QED) is 0.598. The van der Waals surface area contributed by atoms with Crippen LogP contribution < -0.4 is 0 Å². The summed E-state index contributed by atoms with van der Waals surface area (Å²) in [5, 5.41) is 20.6. The minimum absolute atomic E-state index is 0.0126. The van der Waals surface area contributed by atoms with Crippen LogP contribution >= 0.6 is 0 Å². The highest BCUT2D eigenvalue weighted by molar-refractivity contribution is 5.90. The van der Waals surface area contributed by atoms with Crippen LogP contribution in [0.2, 0.25) is 0 Å². The third-order valence-corrected chi connectivity index (χ3v) is 8.05. The second kappa shape index (κ2) is 7.30. The van der Waals surface area contributed by atoms with Gasteiger partial charge in [-0.1, -0.05) is 49.9 Å². The van der Waals surface area contributed by atoms with E-state index in [1.54, 1.807) is 4.68 Å². The molecule has 5 rings (SSSR count). The Bertz CT molecular complexity index is 1010. The van der Waals surface area contributed by atoms with Gasteiger partial charge >= 0.3 is 5.97 Å². The summed E-state index contributed by atoms with van der Waals surface area (Å²) in [6, 6.07) is 8.38. The number of esters is 1. The maximum atomic E-state index is 12.1. The molecule has 3 fully saturated rings. The van der Waals surface area contributed by atoms with Gasteiger partial charge in [0, 0.05) is 17.1 Å². The fraction of sp³-hybridized carbons (Fsp3) is 0.560. The van der Waals surface area contributed by atoms with Crippen LogP contribution in [0.25, 0.3) is 11.3 Å². The third kappa shape index (κ3) is 3.41. The van der Waals surface area contributed by atoms with E-state index in [9.17, 15) is 9.90 Å². The van der Waals surface area contributed by atoms with E-state index in [4.69, 9.17) is 4.74 Å². The predicted molar refractivity (Wildman–Crippen MR) is 117 cm³/mol. The molecule has 2 heterocycles. The first kappa shape index (κ1) is 20.4. The minimum Gasteiger partial charge on any atom is -0.458 e. The van der Waals surface area contributed by atoms with E-state index < -0.39 is 5.60 Å². The summed E-state index contributed by atoms with van der Waals surface area (Å²) in [4.78, 5) is 12.1. The van der Waals surface area contributed by atoms with Crippen molar-refractivity contribution in [1.82, 2.24) is 15.0 Å².